The molecule has 0 aliphatic carbocycles. The van der Waals surface area contributed by atoms with Crippen molar-refractivity contribution in [3.05, 3.63) is 65.1 Å². The van der Waals surface area contributed by atoms with E-state index in [-0.39, 0.29) is 5.56 Å². The minimum Gasteiger partial charge on any atom is -0.619 e. The van der Waals surface area contributed by atoms with E-state index in [0.29, 0.717) is 32.5 Å². The first-order valence-electron chi connectivity index (χ1n) is 8.40. The molecule has 0 radical (unpaired) electrons. The maximum atomic E-state index is 12.0. The van der Waals surface area contributed by atoms with E-state index >= 15 is 0 Å². The maximum Gasteiger partial charge on any atom is 0.275 e. The zero-order chi connectivity index (χ0) is 20.8. The Morgan fingerprint density at radius 3 is 2.69 bits per heavy atom. The van der Waals surface area contributed by atoms with Gasteiger partial charge >= 0.3 is 0 Å². The Labute approximate surface area is 165 Å². The molecule has 1 aromatic carbocycles. The number of nitrogens with one attached hydrogen (secondary N) is 1. The molecular formula is C21H15N3O5. The third-order valence-electron chi connectivity index (χ3n) is 3.93. The lowest BCUT2D eigenvalue weighted by Crippen LogP contribution is -2.25. The van der Waals surface area contributed by atoms with Crippen molar-refractivity contribution in [2.75, 3.05) is 6.61 Å². The van der Waals surface area contributed by atoms with Gasteiger partial charge in [-0.2, -0.15) is 4.73 Å². The fraction of sp³-hybridized carbons (Fsp3) is 0.0952. The van der Waals surface area contributed by atoms with Crippen LogP contribution >= 0.6 is 0 Å². The minimum atomic E-state index is -1.12. The van der Waals surface area contributed by atoms with E-state index < -0.39 is 18.6 Å². The Morgan fingerprint density at radius 2 is 2.00 bits per heavy atom. The molecule has 144 valence electrons. The number of aromatic nitrogens is 2. The Morgan fingerprint density at radius 1 is 1.24 bits per heavy atom. The molecule has 0 bridgehead atoms. The first-order chi connectivity index (χ1) is 14.0. The average molecular weight is 389 g/mol. The summed E-state index contributed by atoms with van der Waals surface area (Å²) in [4.78, 5) is 16.5. The van der Waals surface area contributed by atoms with Crippen molar-refractivity contribution in [2.45, 2.75) is 6.10 Å². The van der Waals surface area contributed by atoms with Crippen LogP contribution in [0.4, 0.5) is 0 Å². The van der Waals surface area contributed by atoms with Crippen LogP contribution in [0.15, 0.2) is 48.8 Å². The van der Waals surface area contributed by atoms with Crippen LogP contribution in [0.1, 0.15) is 15.9 Å². The van der Waals surface area contributed by atoms with Gasteiger partial charge in [0.05, 0.1) is 28.8 Å². The number of fused-ring (bicyclic) bond motifs is 1. The number of aliphatic hydroxyl groups excluding tert-OH is 2. The van der Waals surface area contributed by atoms with Gasteiger partial charge in [-0.15, -0.1) is 0 Å². The fourth-order valence-electron chi connectivity index (χ4n) is 2.54. The highest BCUT2D eigenvalue weighted by Crippen LogP contribution is 2.24. The third-order valence-corrected chi connectivity index (χ3v) is 3.93. The van der Waals surface area contributed by atoms with Crippen LogP contribution < -0.4 is 10.2 Å². The van der Waals surface area contributed by atoms with E-state index in [1.807, 2.05) is 0 Å². The van der Waals surface area contributed by atoms with E-state index in [0.717, 1.165) is 0 Å². The van der Waals surface area contributed by atoms with Gasteiger partial charge < -0.3 is 15.4 Å². The van der Waals surface area contributed by atoms with Gasteiger partial charge in [0.25, 0.3) is 5.91 Å². The van der Waals surface area contributed by atoms with Crippen LogP contribution in [0.5, 0.6) is 0 Å². The molecule has 0 spiro atoms. The zero-order valence-electron chi connectivity index (χ0n) is 15.0. The second-order valence-electron chi connectivity index (χ2n) is 5.89. The zero-order valence-corrected chi connectivity index (χ0v) is 15.0. The molecule has 1 atom stereocenters. The molecule has 0 aliphatic heterocycles. The number of benzene rings is 1. The summed E-state index contributed by atoms with van der Waals surface area (Å²) >= 11 is 0. The quantitative estimate of drug-likeness (QED) is 0.168. The molecule has 4 N–H and O–H groups in total. The number of carbonyl (C=O) groups excluding carboxylic acids is 1. The smallest absolute Gasteiger partial charge is 0.275 e. The number of hydrogen-bond acceptors (Lipinski definition) is 6. The largest absolute Gasteiger partial charge is 0.619 e. The second-order valence-corrected chi connectivity index (χ2v) is 5.89. The van der Waals surface area contributed by atoms with Crippen LogP contribution in [0.25, 0.3) is 22.2 Å². The number of aliphatic hydroxyl groups is 2. The highest BCUT2D eigenvalue weighted by molar-refractivity contribution is 6.06. The van der Waals surface area contributed by atoms with Gasteiger partial charge in [0.1, 0.15) is 6.10 Å². The molecule has 0 saturated carbocycles. The predicted octanol–water partition coefficient (Wildman–Crippen LogP) is 0.362. The van der Waals surface area contributed by atoms with Crippen LogP contribution in [-0.2, 0) is 0 Å². The molecule has 3 aromatic rings. The van der Waals surface area contributed by atoms with E-state index in [9.17, 15) is 10.0 Å². The van der Waals surface area contributed by atoms with E-state index in [1.165, 1.54) is 24.5 Å². The first kappa shape index (κ1) is 19.8. The summed E-state index contributed by atoms with van der Waals surface area (Å²) < 4.78 is 0.549. The van der Waals surface area contributed by atoms with E-state index in [1.54, 1.807) is 29.7 Å². The molecule has 8 nitrogen and oxygen atoms in total. The minimum absolute atomic E-state index is 0.110. The molecule has 1 amide bonds. The fourth-order valence-corrected chi connectivity index (χ4v) is 2.54. The lowest BCUT2D eigenvalue weighted by atomic mass is 10.0. The monoisotopic (exact) mass is 389 g/mol. The third kappa shape index (κ3) is 4.67. The van der Waals surface area contributed by atoms with Crippen molar-refractivity contribution < 1.29 is 24.9 Å². The van der Waals surface area contributed by atoms with Gasteiger partial charge in [-0.1, -0.05) is 24.0 Å². The standard InChI is InChI=1S/C21H15N3O5/c25-13-16(26)4-2-1-3-14-5-7-15(8-6-14)20-11-17(21(27)23-28)18-12-24(29)10-9-19(18)22-20/h5-12,16,25-26,28H,13H2,(H,23,27). The Kier molecular flexibility index (Phi) is 6.03. The molecular weight excluding hydrogens is 374 g/mol. The topological polar surface area (TPSA) is 130 Å². The summed E-state index contributed by atoms with van der Waals surface area (Å²) in [6.07, 6.45) is 1.37. The molecule has 2 heterocycles. The average Bonchev–Trinajstić information content (AvgIpc) is 2.75. The molecule has 2 aromatic heterocycles. The van der Waals surface area contributed by atoms with Gasteiger partial charge in [-0.25, -0.2) is 10.5 Å². The van der Waals surface area contributed by atoms with Gasteiger partial charge in [0, 0.05) is 17.2 Å². The molecule has 1 unspecified atom stereocenters. The predicted molar refractivity (Wildman–Crippen MR) is 103 cm³/mol. The Balaban J connectivity index is 1.96. The maximum absolute atomic E-state index is 12.0. The van der Waals surface area contributed by atoms with Crippen molar-refractivity contribution >= 4 is 16.8 Å². The molecule has 8 heteroatoms. The van der Waals surface area contributed by atoms with Crippen LogP contribution in [0, 0.1) is 28.9 Å². The summed E-state index contributed by atoms with van der Waals surface area (Å²) in [6, 6.07) is 9.95. The number of rotatable bonds is 3. The molecule has 0 aliphatic rings. The van der Waals surface area contributed by atoms with Crippen molar-refractivity contribution in [1.29, 1.82) is 0 Å². The summed E-state index contributed by atoms with van der Waals surface area (Å²) in [5.41, 5.74) is 3.96. The van der Waals surface area contributed by atoms with Crippen LogP contribution in [0.2, 0.25) is 0 Å². The Bertz CT molecular complexity index is 1180. The lowest BCUT2D eigenvalue weighted by molar-refractivity contribution is -0.603. The summed E-state index contributed by atoms with van der Waals surface area (Å²) in [5.74, 6) is 9.45. The van der Waals surface area contributed by atoms with Crippen molar-refractivity contribution in [3.63, 3.8) is 0 Å². The highest BCUT2D eigenvalue weighted by Gasteiger charge is 2.15. The summed E-state index contributed by atoms with van der Waals surface area (Å²) in [7, 11) is 0. The van der Waals surface area contributed by atoms with Crippen molar-refractivity contribution in [2.24, 2.45) is 0 Å². The van der Waals surface area contributed by atoms with E-state index in [4.69, 9.17) is 15.4 Å². The number of hydrogen-bond donors (Lipinski definition) is 4. The second kappa shape index (κ2) is 8.83. The number of amides is 1. The van der Waals surface area contributed by atoms with Gasteiger partial charge in [-0.3, -0.25) is 10.0 Å². The van der Waals surface area contributed by atoms with Crippen LogP contribution in [-0.4, -0.2) is 39.0 Å². The normalized spacial score (nSPS) is 11.0. The molecule has 29 heavy (non-hydrogen) atoms. The Hall–Kier alpha value is -3.95. The molecule has 0 fully saturated rings. The van der Waals surface area contributed by atoms with E-state index in [2.05, 4.69) is 28.7 Å². The number of hydroxylamine groups is 1. The van der Waals surface area contributed by atoms with Gasteiger partial charge in [0.15, 0.2) is 12.4 Å². The SMILES string of the molecule is O=C(NO)c1cc(-c2ccc(C#CC#CC(O)CO)cc2)nc2cc[n+]([O-])cc12. The van der Waals surface area contributed by atoms with Crippen molar-refractivity contribution in [3.8, 4) is 34.9 Å². The first-order valence-corrected chi connectivity index (χ1v) is 8.40. The van der Waals surface area contributed by atoms with Gasteiger partial charge in [-0.05, 0) is 30.0 Å². The lowest BCUT2D eigenvalue weighted by Gasteiger charge is -2.08. The molecule has 3 rings (SSSR count). The highest BCUT2D eigenvalue weighted by atomic mass is 16.5. The summed E-state index contributed by atoms with van der Waals surface area (Å²) in [6.45, 7) is -0.451. The van der Waals surface area contributed by atoms with Gasteiger partial charge in [0.2, 0.25) is 0 Å². The van der Waals surface area contributed by atoms with Crippen molar-refractivity contribution in [1.82, 2.24) is 10.5 Å². The molecule has 0 saturated heterocycles. The number of carbonyl (C=O) groups is 1. The number of nitrogens with zero attached hydrogens (tertiary/aromatic N) is 2. The van der Waals surface area contributed by atoms with Crippen LogP contribution in [0.3, 0.4) is 0 Å². The number of pyridine rings is 2. The summed E-state index contributed by atoms with van der Waals surface area (Å²) in [5, 5.41) is 38.7.